The molecule has 0 unspecified atom stereocenters. The minimum atomic E-state index is -1.21. The van der Waals surface area contributed by atoms with Crippen LogP contribution in [0.4, 0.5) is 4.39 Å². The van der Waals surface area contributed by atoms with Crippen LogP contribution in [0.5, 0.6) is 0 Å². The van der Waals surface area contributed by atoms with Crippen molar-refractivity contribution < 1.29 is 19.4 Å². The molecule has 4 atom stereocenters. The summed E-state index contributed by atoms with van der Waals surface area (Å²) in [5, 5.41) is 23.1. The highest BCUT2D eigenvalue weighted by Gasteiger charge is 2.42. The Labute approximate surface area is 142 Å². The molecule has 1 heterocycles. The van der Waals surface area contributed by atoms with Crippen molar-refractivity contribution in [3.63, 3.8) is 0 Å². The number of aryl methyl sites for hydroxylation is 1. The fraction of sp³-hybridized carbons (Fsp3) is 0.611. The summed E-state index contributed by atoms with van der Waals surface area (Å²) in [5.41, 5.74) is 1.21. The van der Waals surface area contributed by atoms with Crippen LogP contribution in [-0.2, 0) is 11.2 Å². The van der Waals surface area contributed by atoms with Gasteiger partial charge < -0.3 is 15.5 Å². The SMILES string of the molecule is CCC(=O)N[C@H]1CN(CCCc2ccccc2)[C@H](CF)[C@@H](O)[C@@H]1O. The maximum atomic E-state index is 13.4. The third-order valence-corrected chi connectivity index (χ3v) is 4.64. The van der Waals surface area contributed by atoms with Crippen LogP contribution in [0.2, 0.25) is 0 Å². The molecule has 0 aromatic heterocycles. The van der Waals surface area contributed by atoms with Crippen LogP contribution in [0.1, 0.15) is 25.3 Å². The third kappa shape index (κ3) is 4.75. The second-order valence-corrected chi connectivity index (χ2v) is 6.31. The van der Waals surface area contributed by atoms with Gasteiger partial charge in [0, 0.05) is 13.0 Å². The topological polar surface area (TPSA) is 72.8 Å². The quantitative estimate of drug-likeness (QED) is 0.690. The van der Waals surface area contributed by atoms with E-state index in [0.717, 1.165) is 12.8 Å². The molecule has 1 aromatic carbocycles. The predicted octanol–water partition coefficient (Wildman–Crippen LogP) is 0.889. The molecule has 1 aromatic rings. The molecule has 0 bridgehead atoms. The van der Waals surface area contributed by atoms with Crippen LogP contribution < -0.4 is 5.32 Å². The first kappa shape index (κ1) is 18.8. The van der Waals surface area contributed by atoms with Gasteiger partial charge in [-0.2, -0.15) is 0 Å². The zero-order chi connectivity index (χ0) is 17.5. The average molecular weight is 338 g/mol. The van der Waals surface area contributed by atoms with Gasteiger partial charge in [-0.05, 0) is 24.9 Å². The zero-order valence-electron chi connectivity index (χ0n) is 14.1. The lowest BCUT2D eigenvalue weighted by atomic mass is 9.92. The fourth-order valence-electron chi connectivity index (χ4n) is 3.19. The van der Waals surface area contributed by atoms with Gasteiger partial charge in [-0.3, -0.25) is 9.69 Å². The van der Waals surface area contributed by atoms with E-state index in [1.54, 1.807) is 6.92 Å². The molecule has 1 fully saturated rings. The van der Waals surface area contributed by atoms with Gasteiger partial charge in [0.25, 0.3) is 0 Å². The molecule has 1 aliphatic heterocycles. The number of halogens is 1. The molecule has 1 amide bonds. The number of likely N-dealkylation sites (tertiary alicyclic amines) is 1. The number of piperidine rings is 1. The van der Waals surface area contributed by atoms with E-state index < -0.39 is 31.0 Å². The molecule has 1 aliphatic rings. The first-order valence-electron chi connectivity index (χ1n) is 8.56. The van der Waals surface area contributed by atoms with E-state index in [1.165, 1.54) is 5.56 Å². The standard InChI is InChI=1S/C18H27FN2O3/c1-2-16(22)20-14-12-21(15(11-19)18(24)17(14)23)10-6-9-13-7-4-3-5-8-13/h3-5,7-8,14-15,17-18,23-24H,2,6,9-12H2,1H3,(H,20,22)/t14-,15+,17+,18+/m0/s1. The Morgan fingerprint density at radius 3 is 2.62 bits per heavy atom. The van der Waals surface area contributed by atoms with Crippen LogP contribution >= 0.6 is 0 Å². The van der Waals surface area contributed by atoms with Crippen LogP contribution in [0.25, 0.3) is 0 Å². The fourth-order valence-corrected chi connectivity index (χ4v) is 3.19. The number of carbonyl (C=O) groups excluding carboxylic acids is 1. The largest absolute Gasteiger partial charge is 0.389 e. The monoisotopic (exact) mass is 338 g/mol. The van der Waals surface area contributed by atoms with Gasteiger partial charge in [-0.15, -0.1) is 0 Å². The van der Waals surface area contributed by atoms with Crippen molar-refractivity contribution >= 4 is 5.91 Å². The van der Waals surface area contributed by atoms with Crippen LogP contribution in [0.15, 0.2) is 30.3 Å². The number of aliphatic hydroxyl groups excluding tert-OH is 2. The van der Waals surface area contributed by atoms with E-state index in [1.807, 2.05) is 35.2 Å². The summed E-state index contributed by atoms with van der Waals surface area (Å²) in [6.07, 6.45) is -0.368. The predicted molar refractivity (Wildman–Crippen MR) is 90.3 cm³/mol. The van der Waals surface area contributed by atoms with Gasteiger partial charge in [0.1, 0.15) is 12.8 Å². The van der Waals surface area contributed by atoms with Gasteiger partial charge in [0.2, 0.25) is 5.91 Å². The highest BCUT2D eigenvalue weighted by atomic mass is 19.1. The number of rotatable bonds is 7. The minimum absolute atomic E-state index is 0.186. The van der Waals surface area contributed by atoms with Gasteiger partial charge in [0.05, 0.1) is 18.2 Å². The van der Waals surface area contributed by atoms with E-state index in [-0.39, 0.29) is 5.91 Å². The van der Waals surface area contributed by atoms with Crippen molar-refractivity contribution in [2.45, 2.75) is 50.5 Å². The number of benzene rings is 1. The van der Waals surface area contributed by atoms with Crippen LogP contribution in [0.3, 0.4) is 0 Å². The van der Waals surface area contributed by atoms with Crippen molar-refractivity contribution in [3.8, 4) is 0 Å². The highest BCUT2D eigenvalue weighted by molar-refractivity contribution is 5.75. The van der Waals surface area contributed by atoms with Gasteiger partial charge >= 0.3 is 0 Å². The van der Waals surface area contributed by atoms with E-state index in [9.17, 15) is 19.4 Å². The number of hydrogen-bond donors (Lipinski definition) is 3. The summed E-state index contributed by atoms with van der Waals surface area (Å²) in [5.74, 6) is -0.186. The smallest absolute Gasteiger partial charge is 0.220 e. The Hall–Kier alpha value is -1.50. The number of alkyl halides is 1. The summed E-state index contributed by atoms with van der Waals surface area (Å²) in [7, 11) is 0. The summed E-state index contributed by atoms with van der Waals surface area (Å²) in [6.45, 7) is 1.94. The number of amides is 1. The van der Waals surface area contributed by atoms with Gasteiger partial charge in [-0.25, -0.2) is 4.39 Å². The molecule has 0 radical (unpaired) electrons. The van der Waals surface area contributed by atoms with Crippen LogP contribution in [0, 0.1) is 0 Å². The van der Waals surface area contributed by atoms with Crippen LogP contribution in [-0.4, -0.2) is 65.1 Å². The van der Waals surface area contributed by atoms with Crippen molar-refractivity contribution in [2.24, 2.45) is 0 Å². The minimum Gasteiger partial charge on any atom is -0.389 e. The van der Waals surface area contributed by atoms with Crippen molar-refractivity contribution in [2.75, 3.05) is 19.8 Å². The normalized spacial score (nSPS) is 27.8. The van der Waals surface area contributed by atoms with Gasteiger partial charge in [-0.1, -0.05) is 37.3 Å². The van der Waals surface area contributed by atoms with E-state index in [2.05, 4.69) is 5.32 Å². The average Bonchev–Trinajstić information content (AvgIpc) is 2.60. The van der Waals surface area contributed by atoms with E-state index in [4.69, 9.17) is 0 Å². The Bertz CT molecular complexity index is 514. The molecule has 0 saturated carbocycles. The summed E-state index contributed by atoms with van der Waals surface area (Å²) in [6, 6.07) is 8.72. The Morgan fingerprint density at radius 1 is 1.29 bits per heavy atom. The molecule has 5 nitrogen and oxygen atoms in total. The number of aliphatic hydroxyl groups is 2. The lowest BCUT2D eigenvalue weighted by molar-refractivity contribution is -0.129. The lowest BCUT2D eigenvalue weighted by Crippen LogP contribution is -2.66. The van der Waals surface area contributed by atoms with E-state index >= 15 is 0 Å². The first-order valence-corrected chi connectivity index (χ1v) is 8.56. The summed E-state index contributed by atoms with van der Waals surface area (Å²) < 4.78 is 13.4. The Morgan fingerprint density at radius 2 is 2.00 bits per heavy atom. The lowest BCUT2D eigenvalue weighted by Gasteiger charge is -2.44. The molecule has 24 heavy (non-hydrogen) atoms. The second kappa shape index (κ2) is 9.11. The molecule has 0 spiro atoms. The van der Waals surface area contributed by atoms with Crippen molar-refractivity contribution in [1.29, 1.82) is 0 Å². The second-order valence-electron chi connectivity index (χ2n) is 6.31. The Balaban J connectivity index is 1.95. The summed E-state index contributed by atoms with van der Waals surface area (Å²) >= 11 is 0. The van der Waals surface area contributed by atoms with E-state index in [0.29, 0.717) is 19.5 Å². The third-order valence-electron chi connectivity index (χ3n) is 4.64. The number of nitrogens with one attached hydrogen (secondary N) is 1. The molecule has 1 saturated heterocycles. The molecule has 0 aliphatic carbocycles. The van der Waals surface area contributed by atoms with Crippen molar-refractivity contribution in [3.05, 3.63) is 35.9 Å². The molecule has 3 N–H and O–H groups in total. The maximum absolute atomic E-state index is 13.4. The number of carbonyl (C=O) groups is 1. The molecule has 2 rings (SSSR count). The van der Waals surface area contributed by atoms with Gasteiger partial charge in [0.15, 0.2) is 0 Å². The molecular formula is C18H27FN2O3. The number of nitrogens with zero attached hydrogens (tertiary/aromatic N) is 1. The molecule has 134 valence electrons. The highest BCUT2D eigenvalue weighted by Crippen LogP contribution is 2.20. The molecule has 6 heteroatoms. The maximum Gasteiger partial charge on any atom is 0.220 e. The number of hydrogen-bond acceptors (Lipinski definition) is 4. The summed E-state index contributed by atoms with van der Waals surface area (Å²) in [4.78, 5) is 13.4. The molecular weight excluding hydrogens is 311 g/mol. The zero-order valence-corrected chi connectivity index (χ0v) is 14.1. The first-order chi connectivity index (χ1) is 11.6. The Kier molecular flexibility index (Phi) is 7.15. The van der Waals surface area contributed by atoms with Crippen molar-refractivity contribution in [1.82, 2.24) is 10.2 Å².